The topological polar surface area (TPSA) is 127 Å². The monoisotopic (exact) mass is 414 g/mol. The Bertz CT molecular complexity index is 1100. The summed E-state index contributed by atoms with van der Waals surface area (Å²) in [7, 11) is 0. The van der Waals surface area contributed by atoms with E-state index in [2.05, 4.69) is 15.3 Å². The predicted molar refractivity (Wildman–Crippen MR) is 108 cm³/mol. The number of primary amides is 1. The van der Waals surface area contributed by atoms with Crippen LogP contribution in [0, 0.1) is 0 Å². The van der Waals surface area contributed by atoms with E-state index < -0.39 is 24.1 Å². The number of H-pyrrole nitrogens is 1. The van der Waals surface area contributed by atoms with Gasteiger partial charge in [-0.3, -0.25) is 9.59 Å². The molecule has 9 heteroatoms. The number of rotatable bonds is 6. The predicted octanol–water partition coefficient (Wildman–Crippen LogP) is 2.98. The smallest absolute Gasteiger partial charge is 0.312 e. The highest BCUT2D eigenvalue weighted by atomic mass is 35.5. The molecular formula is C20H19ClN4O4. The SMILES string of the molecule is C[C@@H](OC(=O)C[C@H](NC(N)=O)c1ccc(Cl)cc1)c1nc2ccccc2c(=O)[nH]1. The van der Waals surface area contributed by atoms with Gasteiger partial charge in [0.2, 0.25) is 0 Å². The fraction of sp³-hybridized carbons (Fsp3) is 0.200. The van der Waals surface area contributed by atoms with E-state index in [0.717, 1.165) is 0 Å². The number of aromatic nitrogens is 2. The zero-order chi connectivity index (χ0) is 21.0. The van der Waals surface area contributed by atoms with Gasteiger partial charge in [0.25, 0.3) is 5.56 Å². The third kappa shape index (κ3) is 5.11. The van der Waals surface area contributed by atoms with Crippen molar-refractivity contribution in [3.8, 4) is 0 Å². The molecule has 2 atom stereocenters. The summed E-state index contributed by atoms with van der Waals surface area (Å²) in [5, 5.41) is 3.48. The molecule has 2 amide bonds. The van der Waals surface area contributed by atoms with Gasteiger partial charge in [-0.25, -0.2) is 9.78 Å². The van der Waals surface area contributed by atoms with Crippen LogP contribution in [0.15, 0.2) is 53.3 Å². The van der Waals surface area contributed by atoms with Crippen molar-refractivity contribution >= 4 is 34.5 Å². The molecule has 8 nitrogen and oxygen atoms in total. The number of nitrogens with one attached hydrogen (secondary N) is 2. The van der Waals surface area contributed by atoms with Crippen LogP contribution in [0.4, 0.5) is 4.79 Å². The van der Waals surface area contributed by atoms with Gasteiger partial charge in [0.05, 0.1) is 23.4 Å². The molecule has 150 valence electrons. The van der Waals surface area contributed by atoms with Gasteiger partial charge in [-0.1, -0.05) is 35.9 Å². The summed E-state index contributed by atoms with van der Waals surface area (Å²) in [5.41, 5.74) is 6.05. The highest BCUT2D eigenvalue weighted by molar-refractivity contribution is 6.30. The molecule has 0 radical (unpaired) electrons. The molecule has 1 aromatic heterocycles. The lowest BCUT2D eigenvalue weighted by Gasteiger charge is -2.19. The van der Waals surface area contributed by atoms with Gasteiger partial charge >= 0.3 is 12.0 Å². The van der Waals surface area contributed by atoms with Crippen molar-refractivity contribution in [2.75, 3.05) is 0 Å². The molecule has 0 aliphatic heterocycles. The summed E-state index contributed by atoms with van der Waals surface area (Å²) in [4.78, 5) is 42.9. The Labute approximate surface area is 171 Å². The Morgan fingerprint density at radius 2 is 1.90 bits per heavy atom. The van der Waals surface area contributed by atoms with Gasteiger partial charge < -0.3 is 20.8 Å². The fourth-order valence-corrected chi connectivity index (χ4v) is 3.01. The number of nitrogens with zero attached hydrogens (tertiary/aromatic N) is 1. The highest BCUT2D eigenvalue weighted by Gasteiger charge is 2.21. The van der Waals surface area contributed by atoms with E-state index >= 15 is 0 Å². The molecule has 3 rings (SSSR count). The summed E-state index contributed by atoms with van der Waals surface area (Å²) in [5.74, 6) is -0.366. The molecule has 0 aliphatic carbocycles. The molecule has 0 unspecified atom stereocenters. The number of nitrogens with two attached hydrogens (primary N) is 1. The summed E-state index contributed by atoms with van der Waals surface area (Å²) < 4.78 is 5.41. The van der Waals surface area contributed by atoms with Crippen molar-refractivity contribution in [1.29, 1.82) is 0 Å². The van der Waals surface area contributed by atoms with E-state index in [4.69, 9.17) is 22.1 Å². The lowest BCUT2D eigenvalue weighted by atomic mass is 10.0. The average molecular weight is 415 g/mol. The van der Waals surface area contributed by atoms with Crippen LogP contribution in [-0.4, -0.2) is 22.0 Å². The van der Waals surface area contributed by atoms with Crippen molar-refractivity contribution in [3.05, 3.63) is 75.3 Å². The average Bonchev–Trinajstić information content (AvgIpc) is 2.67. The van der Waals surface area contributed by atoms with Crippen LogP contribution >= 0.6 is 11.6 Å². The third-order valence-electron chi connectivity index (χ3n) is 4.28. The van der Waals surface area contributed by atoms with Gasteiger partial charge in [0.15, 0.2) is 11.9 Å². The molecule has 2 aromatic carbocycles. The second-order valence-corrected chi connectivity index (χ2v) is 6.85. The number of carbonyl (C=O) groups excluding carboxylic acids is 2. The second kappa shape index (κ2) is 8.74. The van der Waals surface area contributed by atoms with Crippen molar-refractivity contribution in [2.24, 2.45) is 5.73 Å². The van der Waals surface area contributed by atoms with Crippen molar-refractivity contribution in [2.45, 2.75) is 25.5 Å². The summed E-state index contributed by atoms with van der Waals surface area (Å²) >= 11 is 5.88. The molecule has 0 fully saturated rings. The van der Waals surface area contributed by atoms with E-state index in [0.29, 0.717) is 21.5 Å². The highest BCUT2D eigenvalue weighted by Crippen LogP contribution is 2.22. The fourth-order valence-electron chi connectivity index (χ4n) is 2.88. The van der Waals surface area contributed by atoms with E-state index in [1.807, 2.05) is 0 Å². The molecule has 29 heavy (non-hydrogen) atoms. The van der Waals surface area contributed by atoms with Crippen molar-refractivity contribution < 1.29 is 14.3 Å². The lowest BCUT2D eigenvalue weighted by molar-refractivity contribution is -0.149. The molecule has 0 bridgehead atoms. The summed E-state index contributed by atoms with van der Waals surface area (Å²) in [6.45, 7) is 1.60. The maximum atomic E-state index is 12.4. The van der Waals surface area contributed by atoms with Crippen LogP contribution in [-0.2, 0) is 9.53 Å². The Kier molecular flexibility index (Phi) is 6.13. The van der Waals surface area contributed by atoms with E-state index in [1.54, 1.807) is 55.5 Å². The van der Waals surface area contributed by atoms with Crippen LogP contribution in [0.25, 0.3) is 10.9 Å². The van der Waals surface area contributed by atoms with Crippen molar-refractivity contribution in [1.82, 2.24) is 15.3 Å². The van der Waals surface area contributed by atoms with E-state index in [9.17, 15) is 14.4 Å². The summed E-state index contributed by atoms with van der Waals surface area (Å²) in [6.07, 6.45) is -0.952. The first-order valence-electron chi connectivity index (χ1n) is 8.83. The van der Waals surface area contributed by atoms with Crippen LogP contribution in [0.1, 0.15) is 36.9 Å². The number of aromatic amines is 1. The van der Waals surface area contributed by atoms with Crippen LogP contribution in [0.5, 0.6) is 0 Å². The molecule has 0 saturated heterocycles. The van der Waals surface area contributed by atoms with Crippen LogP contribution in [0.3, 0.4) is 0 Å². The second-order valence-electron chi connectivity index (χ2n) is 6.42. The maximum Gasteiger partial charge on any atom is 0.312 e. The number of urea groups is 1. The van der Waals surface area contributed by atoms with Crippen LogP contribution < -0.4 is 16.6 Å². The molecular weight excluding hydrogens is 396 g/mol. The number of esters is 1. The van der Waals surface area contributed by atoms with E-state index in [1.165, 1.54) is 0 Å². The maximum absolute atomic E-state index is 12.4. The van der Waals surface area contributed by atoms with Gasteiger partial charge in [0.1, 0.15) is 0 Å². The lowest BCUT2D eigenvalue weighted by Crippen LogP contribution is -2.34. The number of benzene rings is 2. The Balaban J connectivity index is 1.74. The number of carbonyl (C=O) groups is 2. The zero-order valence-corrected chi connectivity index (χ0v) is 16.3. The first kappa shape index (κ1) is 20.3. The number of fused-ring (bicyclic) bond motifs is 1. The standard InChI is InChI=1S/C20H19ClN4O4/c1-11(18-23-15-5-3-2-4-14(15)19(27)25-18)29-17(26)10-16(24-20(22)28)12-6-8-13(21)9-7-12/h2-9,11,16H,10H2,1H3,(H3,22,24,28)(H,23,25,27)/t11-,16+/m1/s1. The molecule has 0 spiro atoms. The minimum absolute atomic E-state index is 0.160. The first-order valence-corrected chi connectivity index (χ1v) is 9.21. The molecule has 4 N–H and O–H groups in total. The Morgan fingerprint density at radius 3 is 2.59 bits per heavy atom. The number of hydrogen-bond acceptors (Lipinski definition) is 5. The van der Waals surface area contributed by atoms with Gasteiger partial charge in [0, 0.05) is 5.02 Å². The third-order valence-corrected chi connectivity index (χ3v) is 4.54. The van der Waals surface area contributed by atoms with Gasteiger partial charge in [-0.2, -0.15) is 0 Å². The zero-order valence-electron chi connectivity index (χ0n) is 15.5. The normalized spacial score (nSPS) is 12.9. The largest absolute Gasteiger partial charge is 0.454 e. The number of para-hydroxylation sites is 1. The number of amides is 2. The molecule has 1 heterocycles. The molecule has 3 aromatic rings. The minimum atomic E-state index is -0.792. The number of ether oxygens (including phenoxy) is 1. The van der Waals surface area contributed by atoms with Crippen molar-refractivity contribution in [3.63, 3.8) is 0 Å². The molecule has 0 saturated carbocycles. The Morgan fingerprint density at radius 1 is 1.21 bits per heavy atom. The number of halogens is 1. The first-order chi connectivity index (χ1) is 13.8. The summed E-state index contributed by atoms with van der Waals surface area (Å²) in [6, 6.07) is 12.1. The van der Waals surface area contributed by atoms with E-state index in [-0.39, 0.29) is 17.8 Å². The molecule has 0 aliphatic rings. The minimum Gasteiger partial charge on any atom is -0.454 e. The Hall–Kier alpha value is -3.39. The quantitative estimate of drug-likeness (QED) is 0.534. The van der Waals surface area contributed by atoms with Crippen LogP contribution in [0.2, 0.25) is 5.02 Å². The number of hydrogen-bond donors (Lipinski definition) is 3. The van der Waals surface area contributed by atoms with Gasteiger partial charge in [-0.15, -0.1) is 0 Å². The van der Waals surface area contributed by atoms with Gasteiger partial charge in [-0.05, 0) is 36.8 Å².